The minimum atomic E-state index is -0.317. The van der Waals surface area contributed by atoms with Gasteiger partial charge in [0.15, 0.2) is 0 Å². The van der Waals surface area contributed by atoms with E-state index in [2.05, 4.69) is 10.6 Å². The van der Waals surface area contributed by atoms with E-state index in [4.69, 9.17) is 0 Å². The second kappa shape index (κ2) is 3.01. The summed E-state index contributed by atoms with van der Waals surface area (Å²) in [6, 6.07) is -0.571. The fourth-order valence-corrected chi connectivity index (χ4v) is 1.70. The van der Waals surface area contributed by atoms with Gasteiger partial charge in [0.05, 0.1) is 0 Å². The van der Waals surface area contributed by atoms with Gasteiger partial charge in [-0.1, -0.05) is 6.92 Å². The molecule has 4 nitrogen and oxygen atoms in total. The lowest BCUT2D eigenvalue weighted by atomic mass is 10.1. The lowest BCUT2D eigenvalue weighted by molar-refractivity contribution is -0.137. The molecule has 72 valence electrons. The van der Waals surface area contributed by atoms with Crippen molar-refractivity contribution in [3.63, 3.8) is 0 Å². The first kappa shape index (κ1) is 8.53. The molecule has 1 aliphatic carbocycles. The van der Waals surface area contributed by atoms with E-state index in [9.17, 15) is 9.59 Å². The SMILES string of the molecule is CC[C@@H]1NC(=O)[C@@H](C2CC2)NC1=O. The smallest absolute Gasteiger partial charge is 0.243 e. The molecular formula is C9H14N2O2. The molecule has 2 amide bonds. The Morgan fingerprint density at radius 1 is 1.23 bits per heavy atom. The van der Waals surface area contributed by atoms with E-state index in [1.54, 1.807) is 0 Å². The Morgan fingerprint density at radius 3 is 2.46 bits per heavy atom. The number of hydrogen-bond donors (Lipinski definition) is 2. The van der Waals surface area contributed by atoms with Crippen molar-refractivity contribution >= 4 is 11.8 Å². The van der Waals surface area contributed by atoms with Gasteiger partial charge >= 0.3 is 0 Å². The van der Waals surface area contributed by atoms with E-state index < -0.39 is 0 Å². The van der Waals surface area contributed by atoms with Crippen molar-refractivity contribution in [3.8, 4) is 0 Å². The zero-order valence-electron chi connectivity index (χ0n) is 7.67. The van der Waals surface area contributed by atoms with Crippen LogP contribution < -0.4 is 10.6 Å². The van der Waals surface area contributed by atoms with Gasteiger partial charge in [0, 0.05) is 0 Å². The van der Waals surface area contributed by atoms with Gasteiger partial charge in [0.2, 0.25) is 11.8 Å². The summed E-state index contributed by atoms with van der Waals surface area (Å²) in [6.07, 6.45) is 2.79. The lowest BCUT2D eigenvalue weighted by Crippen LogP contribution is -2.62. The van der Waals surface area contributed by atoms with Gasteiger partial charge in [0.25, 0.3) is 0 Å². The summed E-state index contributed by atoms with van der Waals surface area (Å²) < 4.78 is 0. The molecule has 0 unspecified atom stereocenters. The first-order valence-electron chi connectivity index (χ1n) is 4.83. The average molecular weight is 182 g/mol. The summed E-state index contributed by atoms with van der Waals surface area (Å²) in [7, 11) is 0. The number of carbonyl (C=O) groups is 2. The van der Waals surface area contributed by atoms with Gasteiger partial charge in [-0.3, -0.25) is 9.59 Å². The quantitative estimate of drug-likeness (QED) is 0.620. The summed E-state index contributed by atoms with van der Waals surface area (Å²) in [4.78, 5) is 22.9. The molecule has 4 heteroatoms. The Balaban J connectivity index is 2.03. The van der Waals surface area contributed by atoms with E-state index in [1.165, 1.54) is 0 Å². The first-order chi connectivity index (χ1) is 6.22. The van der Waals surface area contributed by atoms with Gasteiger partial charge in [-0.05, 0) is 25.2 Å². The molecule has 1 saturated carbocycles. The molecule has 1 saturated heterocycles. The van der Waals surface area contributed by atoms with E-state index in [0.29, 0.717) is 12.3 Å². The molecule has 0 aromatic heterocycles. The largest absolute Gasteiger partial charge is 0.343 e. The van der Waals surface area contributed by atoms with Crippen LogP contribution in [0, 0.1) is 5.92 Å². The predicted octanol–water partition coefficient (Wildman–Crippen LogP) is -0.210. The minimum Gasteiger partial charge on any atom is -0.343 e. The number of hydrogen-bond acceptors (Lipinski definition) is 2. The highest BCUT2D eigenvalue weighted by Crippen LogP contribution is 2.33. The summed E-state index contributed by atoms with van der Waals surface area (Å²) in [5.74, 6) is 0.356. The number of carbonyl (C=O) groups excluding carboxylic acids is 2. The van der Waals surface area contributed by atoms with E-state index in [0.717, 1.165) is 12.8 Å². The van der Waals surface area contributed by atoms with Gasteiger partial charge in [0.1, 0.15) is 12.1 Å². The van der Waals surface area contributed by atoms with Crippen molar-refractivity contribution in [1.29, 1.82) is 0 Å². The molecular weight excluding hydrogens is 168 g/mol. The van der Waals surface area contributed by atoms with Gasteiger partial charge in [-0.2, -0.15) is 0 Å². The molecule has 1 aliphatic heterocycles. The molecule has 0 aromatic carbocycles. The summed E-state index contributed by atoms with van der Waals surface area (Å²) in [6.45, 7) is 1.89. The Morgan fingerprint density at radius 2 is 1.92 bits per heavy atom. The Labute approximate surface area is 77.1 Å². The van der Waals surface area contributed by atoms with Crippen LogP contribution in [0.5, 0.6) is 0 Å². The number of rotatable bonds is 2. The zero-order valence-corrected chi connectivity index (χ0v) is 7.67. The third-order valence-electron chi connectivity index (χ3n) is 2.71. The van der Waals surface area contributed by atoms with Crippen LogP contribution in [-0.2, 0) is 9.59 Å². The third-order valence-corrected chi connectivity index (χ3v) is 2.71. The van der Waals surface area contributed by atoms with Crippen molar-refractivity contribution in [2.24, 2.45) is 5.92 Å². The normalized spacial score (nSPS) is 33.9. The van der Waals surface area contributed by atoms with Crippen LogP contribution in [0.25, 0.3) is 0 Å². The number of nitrogens with one attached hydrogen (secondary N) is 2. The highest BCUT2D eigenvalue weighted by Gasteiger charge is 2.41. The summed E-state index contributed by atoms with van der Waals surface area (Å²) >= 11 is 0. The summed E-state index contributed by atoms with van der Waals surface area (Å²) in [5.41, 5.74) is 0. The highest BCUT2D eigenvalue weighted by atomic mass is 16.2. The predicted molar refractivity (Wildman–Crippen MR) is 46.9 cm³/mol. The van der Waals surface area contributed by atoms with Crippen LogP contribution in [-0.4, -0.2) is 23.9 Å². The number of piperazine rings is 1. The summed E-state index contributed by atoms with van der Waals surface area (Å²) in [5, 5.41) is 5.51. The molecule has 0 spiro atoms. The maximum absolute atomic E-state index is 11.5. The average Bonchev–Trinajstić information content (AvgIpc) is 2.91. The topological polar surface area (TPSA) is 58.2 Å². The molecule has 2 N–H and O–H groups in total. The van der Waals surface area contributed by atoms with E-state index >= 15 is 0 Å². The van der Waals surface area contributed by atoms with Crippen LogP contribution in [0.4, 0.5) is 0 Å². The van der Waals surface area contributed by atoms with Gasteiger partial charge < -0.3 is 10.6 Å². The first-order valence-corrected chi connectivity index (χ1v) is 4.83. The molecule has 2 atom stereocenters. The van der Waals surface area contributed by atoms with Crippen LogP contribution in [0.1, 0.15) is 26.2 Å². The van der Waals surface area contributed by atoms with Crippen molar-refractivity contribution in [3.05, 3.63) is 0 Å². The van der Waals surface area contributed by atoms with Crippen LogP contribution in [0.3, 0.4) is 0 Å². The van der Waals surface area contributed by atoms with Gasteiger partial charge in [-0.25, -0.2) is 0 Å². The minimum absolute atomic E-state index is 0.00560. The molecule has 0 aromatic rings. The fourth-order valence-electron chi connectivity index (χ4n) is 1.70. The Hall–Kier alpha value is -1.06. The number of amides is 2. The molecule has 2 rings (SSSR count). The standard InChI is InChI=1S/C9H14N2O2/c1-2-6-8(12)11-7(5-3-4-5)9(13)10-6/h5-7H,2-4H2,1H3,(H,10,13)(H,11,12)/t6-,7+/m0/s1. The van der Waals surface area contributed by atoms with Crippen molar-refractivity contribution in [2.45, 2.75) is 38.3 Å². The fraction of sp³-hybridized carbons (Fsp3) is 0.778. The van der Waals surface area contributed by atoms with Crippen molar-refractivity contribution in [2.75, 3.05) is 0 Å². The molecule has 2 fully saturated rings. The second-order valence-electron chi connectivity index (χ2n) is 3.79. The molecule has 13 heavy (non-hydrogen) atoms. The molecule has 0 radical (unpaired) electrons. The van der Waals surface area contributed by atoms with Gasteiger partial charge in [-0.15, -0.1) is 0 Å². The van der Waals surface area contributed by atoms with E-state index in [1.807, 2.05) is 6.92 Å². The van der Waals surface area contributed by atoms with E-state index in [-0.39, 0.29) is 23.9 Å². The Kier molecular flexibility index (Phi) is 1.98. The zero-order chi connectivity index (χ0) is 9.42. The maximum Gasteiger partial charge on any atom is 0.243 e. The maximum atomic E-state index is 11.5. The molecule has 1 heterocycles. The van der Waals surface area contributed by atoms with Crippen molar-refractivity contribution in [1.82, 2.24) is 10.6 Å². The van der Waals surface area contributed by atoms with Crippen molar-refractivity contribution < 1.29 is 9.59 Å². The second-order valence-corrected chi connectivity index (χ2v) is 3.79. The monoisotopic (exact) mass is 182 g/mol. The molecule has 2 aliphatic rings. The lowest BCUT2D eigenvalue weighted by Gasteiger charge is -2.28. The highest BCUT2D eigenvalue weighted by molar-refractivity contribution is 5.97. The van der Waals surface area contributed by atoms with Crippen LogP contribution >= 0.6 is 0 Å². The third kappa shape index (κ3) is 1.53. The van der Waals surface area contributed by atoms with Crippen LogP contribution in [0.15, 0.2) is 0 Å². The Bertz CT molecular complexity index is 248. The molecule has 0 bridgehead atoms. The van der Waals surface area contributed by atoms with Crippen LogP contribution in [0.2, 0.25) is 0 Å².